The van der Waals surface area contributed by atoms with Gasteiger partial charge in [0, 0.05) is 29.9 Å². The molecule has 0 bridgehead atoms. The maximum Gasteiger partial charge on any atom is 0.0475 e. The second-order valence-corrected chi connectivity index (χ2v) is 6.06. The summed E-state index contributed by atoms with van der Waals surface area (Å²) in [4.78, 5) is 4.80. The SMILES string of the molecule is C=C1CN(C)CC(C)(C)N1C(C)(C)C. The summed E-state index contributed by atoms with van der Waals surface area (Å²) >= 11 is 0. The first-order valence-electron chi connectivity index (χ1n) is 5.31. The van der Waals surface area contributed by atoms with Gasteiger partial charge in [0.05, 0.1) is 0 Å². The predicted octanol–water partition coefficient (Wildman–Crippen LogP) is 2.32. The van der Waals surface area contributed by atoms with E-state index in [0.717, 1.165) is 13.1 Å². The summed E-state index contributed by atoms with van der Waals surface area (Å²) in [6.45, 7) is 17.6. The molecule has 82 valence electrons. The molecule has 0 aromatic heterocycles. The normalized spacial score (nSPS) is 24.1. The Hall–Kier alpha value is -0.500. The molecular weight excluding hydrogens is 172 g/mol. The molecule has 0 atom stereocenters. The molecular formula is C12H24N2. The lowest BCUT2D eigenvalue weighted by molar-refractivity contribution is 0.00679. The molecule has 14 heavy (non-hydrogen) atoms. The standard InChI is InChI=1S/C12H24N2/c1-10-8-13(7)9-12(5,6)14(10)11(2,3)4/h1,8-9H2,2-7H3. The third kappa shape index (κ3) is 2.11. The molecule has 0 N–H and O–H groups in total. The van der Waals surface area contributed by atoms with Crippen LogP contribution in [-0.2, 0) is 0 Å². The Kier molecular flexibility index (Phi) is 2.70. The molecule has 0 unspecified atom stereocenters. The van der Waals surface area contributed by atoms with Crippen LogP contribution in [0.3, 0.4) is 0 Å². The van der Waals surface area contributed by atoms with E-state index in [0.29, 0.717) is 0 Å². The number of rotatable bonds is 0. The largest absolute Gasteiger partial charge is 0.363 e. The third-order valence-electron chi connectivity index (χ3n) is 2.70. The van der Waals surface area contributed by atoms with Crippen LogP contribution in [0, 0.1) is 0 Å². The molecule has 0 aromatic carbocycles. The lowest BCUT2D eigenvalue weighted by Gasteiger charge is -2.55. The summed E-state index contributed by atoms with van der Waals surface area (Å²) in [5.74, 6) is 0. The van der Waals surface area contributed by atoms with E-state index < -0.39 is 0 Å². The smallest absolute Gasteiger partial charge is 0.0475 e. The molecule has 0 radical (unpaired) electrons. The monoisotopic (exact) mass is 196 g/mol. The number of likely N-dealkylation sites (N-methyl/N-ethyl adjacent to an activating group) is 1. The maximum absolute atomic E-state index is 4.19. The highest BCUT2D eigenvalue weighted by Gasteiger charge is 2.39. The van der Waals surface area contributed by atoms with E-state index in [4.69, 9.17) is 0 Å². The summed E-state index contributed by atoms with van der Waals surface area (Å²) < 4.78 is 0. The second-order valence-electron chi connectivity index (χ2n) is 6.06. The second kappa shape index (κ2) is 3.27. The summed E-state index contributed by atoms with van der Waals surface area (Å²) in [7, 11) is 2.16. The highest BCUT2D eigenvalue weighted by Crippen LogP contribution is 2.33. The first kappa shape index (κ1) is 11.6. The maximum atomic E-state index is 4.19. The van der Waals surface area contributed by atoms with Gasteiger partial charge in [-0.3, -0.25) is 4.90 Å². The Morgan fingerprint density at radius 1 is 1.29 bits per heavy atom. The molecule has 0 saturated carbocycles. The van der Waals surface area contributed by atoms with Crippen LogP contribution in [0.5, 0.6) is 0 Å². The Bertz CT molecular complexity index is 235. The number of piperazine rings is 1. The predicted molar refractivity (Wildman–Crippen MR) is 62.3 cm³/mol. The van der Waals surface area contributed by atoms with E-state index in [9.17, 15) is 0 Å². The van der Waals surface area contributed by atoms with E-state index in [1.54, 1.807) is 0 Å². The molecule has 1 saturated heterocycles. The van der Waals surface area contributed by atoms with Crippen molar-refractivity contribution in [2.24, 2.45) is 0 Å². The van der Waals surface area contributed by atoms with Crippen molar-refractivity contribution in [2.45, 2.75) is 45.7 Å². The highest BCUT2D eigenvalue weighted by atomic mass is 15.3. The van der Waals surface area contributed by atoms with Crippen molar-refractivity contribution in [2.75, 3.05) is 20.1 Å². The molecule has 2 nitrogen and oxygen atoms in total. The van der Waals surface area contributed by atoms with Gasteiger partial charge in [-0.25, -0.2) is 0 Å². The molecule has 0 aromatic rings. The highest BCUT2D eigenvalue weighted by molar-refractivity contribution is 5.12. The van der Waals surface area contributed by atoms with Crippen molar-refractivity contribution in [3.63, 3.8) is 0 Å². The fourth-order valence-electron chi connectivity index (χ4n) is 2.98. The molecule has 0 amide bonds. The van der Waals surface area contributed by atoms with Crippen molar-refractivity contribution in [1.29, 1.82) is 0 Å². The van der Waals surface area contributed by atoms with Gasteiger partial charge in [-0.1, -0.05) is 6.58 Å². The van der Waals surface area contributed by atoms with Crippen LogP contribution >= 0.6 is 0 Å². The molecule has 1 heterocycles. The van der Waals surface area contributed by atoms with E-state index in [1.165, 1.54) is 5.70 Å². The van der Waals surface area contributed by atoms with Crippen LogP contribution in [0.25, 0.3) is 0 Å². The van der Waals surface area contributed by atoms with Gasteiger partial charge in [-0.15, -0.1) is 0 Å². The third-order valence-corrected chi connectivity index (χ3v) is 2.70. The van der Waals surface area contributed by atoms with E-state index in [-0.39, 0.29) is 11.1 Å². The Balaban J connectivity index is 2.97. The minimum Gasteiger partial charge on any atom is -0.363 e. The van der Waals surface area contributed by atoms with Gasteiger partial charge in [-0.05, 0) is 41.7 Å². The van der Waals surface area contributed by atoms with Gasteiger partial charge >= 0.3 is 0 Å². The lowest BCUT2D eigenvalue weighted by Crippen LogP contribution is -2.62. The first-order chi connectivity index (χ1) is 6.14. The molecule has 1 aliphatic heterocycles. The lowest BCUT2D eigenvalue weighted by atomic mass is 9.90. The van der Waals surface area contributed by atoms with Crippen molar-refractivity contribution in [3.05, 3.63) is 12.3 Å². The Labute approximate surface area is 88.6 Å². The van der Waals surface area contributed by atoms with Gasteiger partial charge in [0.15, 0.2) is 0 Å². The average Bonchev–Trinajstić information content (AvgIpc) is 1.75. The molecule has 1 fully saturated rings. The van der Waals surface area contributed by atoms with Gasteiger partial charge in [0.2, 0.25) is 0 Å². The quantitative estimate of drug-likeness (QED) is 0.586. The van der Waals surface area contributed by atoms with Crippen LogP contribution in [0.1, 0.15) is 34.6 Å². The Morgan fingerprint density at radius 2 is 1.79 bits per heavy atom. The molecule has 0 spiro atoms. The van der Waals surface area contributed by atoms with Gasteiger partial charge < -0.3 is 4.90 Å². The number of hydrogen-bond acceptors (Lipinski definition) is 2. The zero-order valence-electron chi connectivity index (χ0n) is 10.5. The number of hydrogen-bond donors (Lipinski definition) is 0. The molecule has 1 rings (SSSR count). The Morgan fingerprint density at radius 3 is 2.14 bits per heavy atom. The fraction of sp³-hybridized carbons (Fsp3) is 0.833. The van der Waals surface area contributed by atoms with Crippen LogP contribution in [0.4, 0.5) is 0 Å². The van der Waals surface area contributed by atoms with E-state index in [2.05, 4.69) is 58.0 Å². The average molecular weight is 196 g/mol. The van der Waals surface area contributed by atoms with Crippen molar-refractivity contribution in [3.8, 4) is 0 Å². The van der Waals surface area contributed by atoms with E-state index in [1.807, 2.05) is 0 Å². The van der Waals surface area contributed by atoms with Crippen molar-refractivity contribution in [1.82, 2.24) is 9.80 Å². The first-order valence-corrected chi connectivity index (χ1v) is 5.31. The molecule has 2 heteroatoms. The van der Waals surface area contributed by atoms with Gasteiger partial charge in [0.1, 0.15) is 0 Å². The summed E-state index contributed by atoms with van der Waals surface area (Å²) in [6, 6.07) is 0. The van der Waals surface area contributed by atoms with Crippen LogP contribution in [-0.4, -0.2) is 41.0 Å². The van der Waals surface area contributed by atoms with E-state index >= 15 is 0 Å². The summed E-state index contributed by atoms with van der Waals surface area (Å²) in [5, 5.41) is 0. The molecule has 1 aliphatic rings. The van der Waals surface area contributed by atoms with Crippen LogP contribution in [0.2, 0.25) is 0 Å². The van der Waals surface area contributed by atoms with Crippen molar-refractivity contribution >= 4 is 0 Å². The topological polar surface area (TPSA) is 6.48 Å². The summed E-state index contributed by atoms with van der Waals surface area (Å²) in [5.41, 5.74) is 1.58. The zero-order valence-corrected chi connectivity index (χ0v) is 10.5. The zero-order chi connectivity index (χ0) is 11.1. The number of nitrogens with zero attached hydrogens (tertiary/aromatic N) is 2. The minimum atomic E-state index is 0.168. The van der Waals surface area contributed by atoms with Gasteiger partial charge in [-0.2, -0.15) is 0 Å². The van der Waals surface area contributed by atoms with Crippen LogP contribution < -0.4 is 0 Å². The molecule has 0 aliphatic carbocycles. The van der Waals surface area contributed by atoms with Crippen molar-refractivity contribution < 1.29 is 0 Å². The minimum absolute atomic E-state index is 0.168. The summed E-state index contributed by atoms with van der Waals surface area (Å²) in [6.07, 6.45) is 0. The van der Waals surface area contributed by atoms with Gasteiger partial charge in [0.25, 0.3) is 0 Å². The van der Waals surface area contributed by atoms with Crippen LogP contribution in [0.15, 0.2) is 12.3 Å². The fourth-order valence-corrected chi connectivity index (χ4v) is 2.98.